The van der Waals surface area contributed by atoms with Crippen LogP contribution < -0.4 is 11.5 Å². The number of nitrogens with two attached hydrogens (primary N) is 2. The van der Waals surface area contributed by atoms with Crippen LogP contribution in [0, 0.1) is 0 Å². The summed E-state index contributed by atoms with van der Waals surface area (Å²) in [6, 6.07) is 0. The molecule has 0 aromatic carbocycles. The van der Waals surface area contributed by atoms with E-state index in [1.54, 1.807) is 0 Å². The zero-order valence-electron chi connectivity index (χ0n) is 6.94. The van der Waals surface area contributed by atoms with Crippen LogP contribution in [-0.2, 0) is 10.1 Å². The normalized spacial score (nSPS) is 10.7. The Labute approximate surface area is 73.2 Å². The van der Waals surface area contributed by atoms with Gasteiger partial charge in [-0.25, -0.2) is 0 Å². The average molecular weight is 196 g/mol. The van der Waals surface area contributed by atoms with Crippen molar-refractivity contribution in [3.63, 3.8) is 0 Å². The van der Waals surface area contributed by atoms with Crippen molar-refractivity contribution in [1.29, 1.82) is 0 Å². The van der Waals surface area contributed by atoms with Gasteiger partial charge in [0, 0.05) is 0 Å². The van der Waals surface area contributed by atoms with E-state index in [1.165, 1.54) is 0 Å². The molecule has 0 spiro atoms. The molecule has 0 aliphatic carbocycles. The monoisotopic (exact) mass is 196 g/mol. The molecule has 0 heterocycles. The molecule has 6 heteroatoms. The fraction of sp³-hybridized carbons (Fsp3) is 0.667. The Morgan fingerprint density at radius 3 is 2.00 bits per heavy atom. The molecule has 0 aliphatic heterocycles. The van der Waals surface area contributed by atoms with Gasteiger partial charge in [0.25, 0.3) is 10.1 Å². The first-order chi connectivity index (χ1) is 5.42. The van der Waals surface area contributed by atoms with Crippen LogP contribution in [0.25, 0.3) is 0 Å². The second kappa shape index (κ2) is 7.23. The van der Waals surface area contributed by atoms with Crippen molar-refractivity contribution in [2.24, 2.45) is 11.5 Å². The number of rotatable bonds is 4. The molecule has 0 amide bonds. The molecule has 0 fully saturated rings. The molecule has 0 radical (unpaired) electrons. The van der Waals surface area contributed by atoms with Crippen molar-refractivity contribution in [3.8, 4) is 0 Å². The van der Waals surface area contributed by atoms with Crippen molar-refractivity contribution in [2.45, 2.75) is 19.0 Å². The van der Waals surface area contributed by atoms with Gasteiger partial charge in [-0.2, -0.15) is 8.42 Å². The second-order valence-corrected chi connectivity index (χ2v) is 3.66. The highest BCUT2D eigenvalue weighted by Crippen LogP contribution is 1.93. The zero-order valence-corrected chi connectivity index (χ0v) is 7.76. The minimum Gasteiger partial charge on any atom is -0.316 e. The van der Waals surface area contributed by atoms with E-state index in [4.69, 9.17) is 16.0 Å². The molecule has 0 atom stereocenters. The SMILES string of the molecule is C=C.NC(N)CCCS(=O)(=O)O. The highest BCUT2D eigenvalue weighted by atomic mass is 32.2. The number of hydrogen-bond donors (Lipinski definition) is 3. The quantitative estimate of drug-likeness (QED) is 0.325. The summed E-state index contributed by atoms with van der Waals surface area (Å²) in [6.45, 7) is 6.00. The van der Waals surface area contributed by atoms with Crippen molar-refractivity contribution >= 4 is 10.1 Å². The van der Waals surface area contributed by atoms with Gasteiger partial charge in [0.2, 0.25) is 0 Å². The van der Waals surface area contributed by atoms with Gasteiger partial charge in [0.1, 0.15) is 0 Å². The molecule has 5 N–H and O–H groups in total. The van der Waals surface area contributed by atoms with Crippen LogP contribution >= 0.6 is 0 Å². The summed E-state index contributed by atoms with van der Waals surface area (Å²) in [5, 5.41) is 0. The van der Waals surface area contributed by atoms with Crippen LogP contribution in [0.3, 0.4) is 0 Å². The van der Waals surface area contributed by atoms with E-state index in [0.717, 1.165) is 0 Å². The van der Waals surface area contributed by atoms with E-state index in [0.29, 0.717) is 12.8 Å². The molecule has 0 saturated heterocycles. The highest BCUT2D eigenvalue weighted by molar-refractivity contribution is 7.85. The summed E-state index contributed by atoms with van der Waals surface area (Å²) >= 11 is 0. The van der Waals surface area contributed by atoms with Gasteiger partial charge in [-0.05, 0) is 12.8 Å². The Hall–Kier alpha value is -0.430. The lowest BCUT2D eigenvalue weighted by molar-refractivity contribution is 0.478. The minimum absolute atomic E-state index is 0.266. The van der Waals surface area contributed by atoms with E-state index < -0.39 is 16.3 Å². The van der Waals surface area contributed by atoms with E-state index in [1.807, 2.05) is 0 Å². The molecular formula is C6H16N2O3S. The lowest BCUT2D eigenvalue weighted by atomic mass is 10.3. The van der Waals surface area contributed by atoms with Gasteiger partial charge < -0.3 is 11.5 Å². The first-order valence-corrected chi connectivity index (χ1v) is 4.99. The van der Waals surface area contributed by atoms with E-state index in [-0.39, 0.29) is 5.75 Å². The third-order valence-electron chi connectivity index (χ3n) is 0.940. The standard InChI is InChI=1S/C4H12N2O3S.C2H4/c5-4(6)2-1-3-10(7,8)9;1-2/h4H,1-3,5-6H2,(H,7,8,9);1-2H2. The molecule has 0 aromatic heterocycles. The van der Waals surface area contributed by atoms with Crippen molar-refractivity contribution < 1.29 is 13.0 Å². The summed E-state index contributed by atoms with van der Waals surface area (Å²) in [4.78, 5) is 0. The predicted octanol–water partition coefficient (Wildman–Crippen LogP) is -0.300. The minimum atomic E-state index is -3.83. The maximum atomic E-state index is 10.1. The summed E-state index contributed by atoms with van der Waals surface area (Å²) in [5.41, 5.74) is 10.2. The first-order valence-electron chi connectivity index (χ1n) is 3.38. The fourth-order valence-corrected chi connectivity index (χ4v) is 1.03. The van der Waals surface area contributed by atoms with Gasteiger partial charge in [0.05, 0.1) is 11.9 Å². The smallest absolute Gasteiger partial charge is 0.264 e. The van der Waals surface area contributed by atoms with Crippen LogP contribution in [0.4, 0.5) is 0 Å². The van der Waals surface area contributed by atoms with Crippen LogP contribution in [0.15, 0.2) is 13.2 Å². The highest BCUT2D eigenvalue weighted by Gasteiger charge is 2.04. The molecule has 5 nitrogen and oxygen atoms in total. The fourth-order valence-electron chi connectivity index (χ4n) is 0.501. The van der Waals surface area contributed by atoms with E-state index in [9.17, 15) is 8.42 Å². The summed E-state index contributed by atoms with van der Waals surface area (Å²) in [5.74, 6) is -0.266. The topological polar surface area (TPSA) is 106 Å². The third-order valence-corrected chi connectivity index (χ3v) is 1.74. The van der Waals surface area contributed by atoms with Gasteiger partial charge in [-0.1, -0.05) is 0 Å². The molecule has 0 aromatic rings. The maximum absolute atomic E-state index is 10.1. The van der Waals surface area contributed by atoms with E-state index >= 15 is 0 Å². The summed E-state index contributed by atoms with van der Waals surface area (Å²) in [7, 11) is -3.83. The van der Waals surface area contributed by atoms with Gasteiger partial charge in [-0.15, -0.1) is 13.2 Å². The molecule has 0 saturated carbocycles. The summed E-state index contributed by atoms with van der Waals surface area (Å²) < 4.78 is 28.4. The van der Waals surface area contributed by atoms with Crippen molar-refractivity contribution in [1.82, 2.24) is 0 Å². The van der Waals surface area contributed by atoms with Crippen molar-refractivity contribution in [3.05, 3.63) is 13.2 Å². The molecule has 12 heavy (non-hydrogen) atoms. The summed E-state index contributed by atoms with van der Waals surface area (Å²) in [6.07, 6.45) is 0.206. The van der Waals surface area contributed by atoms with Crippen molar-refractivity contribution in [2.75, 3.05) is 5.75 Å². The largest absolute Gasteiger partial charge is 0.316 e. The molecular weight excluding hydrogens is 180 g/mol. The third kappa shape index (κ3) is 16.3. The molecule has 0 aliphatic rings. The first kappa shape index (κ1) is 14.1. The van der Waals surface area contributed by atoms with Gasteiger partial charge in [-0.3, -0.25) is 4.55 Å². The lowest BCUT2D eigenvalue weighted by Gasteiger charge is -2.01. The average Bonchev–Trinajstić information content (AvgIpc) is 1.88. The number of hydrogen-bond acceptors (Lipinski definition) is 4. The molecule has 0 unspecified atom stereocenters. The maximum Gasteiger partial charge on any atom is 0.264 e. The zero-order chi connectivity index (χ0) is 10.2. The van der Waals surface area contributed by atoms with Crippen LogP contribution in [-0.4, -0.2) is 24.9 Å². The molecule has 0 bridgehead atoms. The lowest BCUT2D eigenvalue weighted by Crippen LogP contribution is -2.30. The Balaban J connectivity index is 0. The van der Waals surface area contributed by atoms with E-state index in [2.05, 4.69) is 13.2 Å². The van der Waals surface area contributed by atoms with Crippen LogP contribution in [0.1, 0.15) is 12.8 Å². The molecule has 0 rings (SSSR count). The predicted molar refractivity (Wildman–Crippen MR) is 49.1 cm³/mol. The Morgan fingerprint density at radius 2 is 1.75 bits per heavy atom. The van der Waals surface area contributed by atoms with Gasteiger partial charge >= 0.3 is 0 Å². The molecule has 74 valence electrons. The van der Waals surface area contributed by atoms with Crippen LogP contribution in [0.2, 0.25) is 0 Å². The van der Waals surface area contributed by atoms with Gasteiger partial charge in [0.15, 0.2) is 0 Å². The second-order valence-electron chi connectivity index (χ2n) is 2.09. The Morgan fingerprint density at radius 1 is 1.33 bits per heavy atom. The Kier molecular flexibility index (Phi) is 8.51. The Bertz CT molecular complexity index is 189. The van der Waals surface area contributed by atoms with Crippen LogP contribution in [0.5, 0.6) is 0 Å².